The maximum Gasteiger partial charge on any atom is 0.325 e. The minimum absolute atomic E-state index is 0.193. The minimum atomic E-state index is -0.949. The minimum Gasteiger partial charge on any atom is -0.493 e. The van der Waals surface area contributed by atoms with Crippen LogP contribution in [0.4, 0.5) is 0 Å². The zero-order chi connectivity index (χ0) is 13.8. The molecule has 1 N–H and O–H groups in total. The van der Waals surface area contributed by atoms with Crippen LogP contribution in [0.25, 0.3) is 0 Å². The summed E-state index contributed by atoms with van der Waals surface area (Å²) in [5.41, 5.74) is 0.647. The summed E-state index contributed by atoms with van der Waals surface area (Å²) in [5, 5.41) is 12.7. The van der Waals surface area contributed by atoms with Gasteiger partial charge in [-0.15, -0.1) is 0 Å². The van der Waals surface area contributed by atoms with Gasteiger partial charge in [-0.25, -0.2) is 0 Å². The molecule has 1 heterocycles. The number of hydrogen-bond acceptors (Lipinski definition) is 4. The number of nitrogens with zero attached hydrogens (tertiary/aromatic N) is 2. The van der Waals surface area contributed by atoms with Crippen LogP contribution in [0.2, 0.25) is 0 Å². The van der Waals surface area contributed by atoms with Gasteiger partial charge in [-0.2, -0.15) is 5.10 Å². The predicted octanol–water partition coefficient (Wildman–Crippen LogP) is 2.08. The number of methoxy groups -OCH3 is 1. The van der Waals surface area contributed by atoms with Crippen molar-refractivity contribution in [1.82, 2.24) is 9.78 Å². The van der Waals surface area contributed by atoms with E-state index in [1.165, 1.54) is 10.9 Å². The van der Waals surface area contributed by atoms with Crippen molar-refractivity contribution in [1.29, 1.82) is 0 Å². The molecule has 0 aliphatic rings. The predicted molar refractivity (Wildman–Crippen MR) is 67.7 cm³/mol. The second-order valence-electron chi connectivity index (χ2n) is 3.90. The Morgan fingerprint density at radius 1 is 1.32 bits per heavy atom. The number of rotatable bonds is 5. The first-order chi connectivity index (χ1) is 9.11. The van der Waals surface area contributed by atoms with Crippen LogP contribution in [-0.2, 0) is 11.3 Å². The number of hydrogen-bond donors (Lipinski definition) is 1. The van der Waals surface area contributed by atoms with E-state index in [1.807, 2.05) is 12.1 Å². The average molecular weight is 262 g/mol. The number of para-hydroxylation sites is 2. The molecule has 0 aliphatic carbocycles. The van der Waals surface area contributed by atoms with Crippen LogP contribution in [0, 0.1) is 6.92 Å². The molecule has 1 aromatic carbocycles. The Morgan fingerprint density at radius 3 is 2.63 bits per heavy atom. The molecular weight excluding hydrogens is 248 g/mol. The summed E-state index contributed by atoms with van der Waals surface area (Å²) in [7, 11) is 1.56. The van der Waals surface area contributed by atoms with E-state index in [0.717, 1.165) is 0 Å². The van der Waals surface area contributed by atoms with Crippen molar-refractivity contribution in [2.45, 2.75) is 13.5 Å². The van der Waals surface area contributed by atoms with Gasteiger partial charge >= 0.3 is 5.97 Å². The Hall–Kier alpha value is -2.50. The van der Waals surface area contributed by atoms with Crippen molar-refractivity contribution < 1.29 is 19.4 Å². The highest BCUT2D eigenvalue weighted by molar-refractivity contribution is 5.66. The van der Waals surface area contributed by atoms with Crippen molar-refractivity contribution in [2.75, 3.05) is 7.11 Å². The van der Waals surface area contributed by atoms with E-state index in [9.17, 15) is 4.79 Å². The van der Waals surface area contributed by atoms with E-state index >= 15 is 0 Å². The largest absolute Gasteiger partial charge is 0.493 e. The van der Waals surface area contributed by atoms with Gasteiger partial charge in [-0.3, -0.25) is 9.48 Å². The molecule has 0 bridgehead atoms. The zero-order valence-corrected chi connectivity index (χ0v) is 10.7. The Bertz CT molecular complexity index is 592. The van der Waals surface area contributed by atoms with Gasteiger partial charge in [-0.05, 0) is 19.1 Å². The van der Waals surface area contributed by atoms with E-state index in [1.54, 1.807) is 26.2 Å². The molecule has 0 saturated heterocycles. The standard InChI is InChI=1S/C13H14N2O4/c1-9-12(7-14-15(9)8-13(16)17)19-11-6-4-3-5-10(11)18-2/h3-7H,8H2,1-2H3,(H,16,17). The quantitative estimate of drug-likeness (QED) is 0.893. The smallest absolute Gasteiger partial charge is 0.325 e. The summed E-state index contributed by atoms with van der Waals surface area (Å²) >= 11 is 0. The van der Waals surface area contributed by atoms with Gasteiger partial charge in [0.2, 0.25) is 0 Å². The molecule has 0 amide bonds. The lowest BCUT2D eigenvalue weighted by atomic mass is 10.3. The Morgan fingerprint density at radius 2 is 2.00 bits per heavy atom. The van der Waals surface area contributed by atoms with Gasteiger partial charge in [0, 0.05) is 0 Å². The topological polar surface area (TPSA) is 73.6 Å². The summed E-state index contributed by atoms with van der Waals surface area (Å²) in [6, 6.07) is 7.22. The summed E-state index contributed by atoms with van der Waals surface area (Å²) in [4.78, 5) is 10.7. The lowest BCUT2D eigenvalue weighted by Gasteiger charge is -2.09. The molecule has 1 aromatic heterocycles. The first kappa shape index (κ1) is 12.9. The van der Waals surface area contributed by atoms with Crippen LogP contribution in [0.5, 0.6) is 17.2 Å². The third-order valence-corrected chi connectivity index (χ3v) is 2.63. The second kappa shape index (κ2) is 5.43. The first-order valence-electron chi connectivity index (χ1n) is 5.67. The maximum atomic E-state index is 10.7. The van der Waals surface area contributed by atoms with Crippen LogP contribution in [0.15, 0.2) is 30.5 Å². The number of aromatic nitrogens is 2. The molecule has 0 fully saturated rings. The lowest BCUT2D eigenvalue weighted by Crippen LogP contribution is -2.11. The van der Waals surface area contributed by atoms with E-state index in [2.05, 4.69) is 5.10 Å². The fourth-order valence-electron chi connectivity index (χ4n) is 1.64. The molecular formula is C13H14N2O4. The van der Waals surface area contributed by atoms with Crippen LogP contribution < -0.4 is 9.47 Å². The van der Waals surface area contributed by atoms with Crippen LogP contribution in [-0.4, -0.2) is 28.0 Å². The number of ether oxygens (including phenoxy) is 2. The number of carboxylic acids is 1. The Kier molecular flexibility index (Phi) is 3.70. The second-order valence-corrected chi connectivity index (χ2v) is 3.90. The molecule has 0 radical (unpaired) electrons. The molecule has 0 spiro atoms. The van der Waals surface area contributed by atoms with Crippen molar-refractivity contribution >= 4 is 5.97 Å². The number of carboxylic acid groups (broad SMARTS) is 1. The average Bonchev–Trinajstić information content (AvgIpc) is 2.72. The van der Waals surface area contributed by atoms with Gasteiger partial charge in [0.1, 0.15) is 6.54 Å². The molecule has 2 rings (SSSR count). The lowest BCUT2D eigenvalue weighted by molar-refractivity contribution is -0.137. The zero-order valence-electron chi connectivity index (χ0n) is 10.7. The fourth-order valence-corrected chi connectivity index (χ4v) is 1.64. The van der Waals surface area contributed by atoms with Gasteiger partial charge in [0.05, 0.1) is 19.0 Å². The highest BCUT2D eigenvalue weighted by atomic mass is 16.5. The molecule has 0 saturated carbocycles. The van der Waals surface area contributed by atoms with E-state index < -0.39 is 5.97 Å². The fraction of sp³-hybridized carbons (Fsp3) is 0.231. The highest BCUT2D eigenvalue weighted by Gasteiger charge is 2.12. The normalized spacial score (nSPS) is 10.2. The molecule has 0 unspecified atom stereocenters. The molecule has 6 nitrogen and oxygen atoms in total. The Labute approximate surface area is 110 Å². The van der Waals surface area contributed by atoms with Crippen molar-refractivity contribution in [3.63, 3.8) is 0 Å². The third kappa shape index (κ3) is 2.85. The molecule has 19 heavy (non-hydrogen) atoms. The van der Waals surface area contributed by atoms with Gasteiger partial charge < -0.3 is 14.6 Å². The first-order valence-corrected chi connectivity index (χ1v) is 5.67. The maximum absolute atomic E-state index is 10.7. The third-order valence-electron chi connectivity index (χ3n) is 2.63. The van der Waals surface area contributed by atoms with Gasteiger partial charge in [0.25, 0.3) is 0 Å². The van der Waals surface area contributed by atoms with Gasteiger partial charge in [0.15, 0.2) is 17.2 Å². The number of carbonyl (C=O) groups is 1. The summed E-state index contributed by atoms with van der Waals surface area (Å²) in [5.74, 6) is 0.719. The SMILES string of the molecule is COc1ccccc1Oc1cnn(CC(=O)O)c1C. The summed E-state index contributed by atoms with van der Waals surface area (Å²) < 4.78 is 12.2. The summed E-state index contributed by atoms with van der Waals surface area (Å²) in [6.45, 7) is 1.56. The molecule has 0 aliphatic heterocycles. The number of benzene rings is 1. The van der Waals surface area contributed by atoms with Crippen LogP contribution in [0.1, 0.15) is 5.69 Å². The van der Waals surface area contributed by atoms with Crippen molar-refractivity contribution in [3.05, 3.63) is 36.2 Å². The van der Waals surface area contributed by atoms with E-state index in [-0.39, 0.29) is 6.54 Å². The molecule has 2 aromatic rings. The highest BCUT2D eigenvalue weighted by Crippen LogP contribution is 2.32. The van der Waals surface area contributed by atoms with Crippen LogP contribution >= 0.6 is 0 Å². The molecule has 6 heteroatoms. The van der Waals surface area contributed by atoms with Crippen molar-refractivity contribution in [2.24, 2.45) is 0 Å². The Balaban J connectivity index is 2.24. The molecule has 100 valence electrons. The van der Waals surface area contributed by atoms with E-state index in [4.69, 9.17) is 14.6 Å². The van der Waals surface area contributed by atoms with Crippen LogP contribution in [0.3, 0.4) is 0 Å². The van der Waals surface area contributed by atoms with E-state index in [0.29, 0.717) is 22.9 Å². The molecule has 0 atom stereocenters. The monoisotopic (exact) mass is 262 g/mol. The van der Waals surface area contributed by atoms with Gasteiger partial charge in [-0.1, -0.05) is 12.1 Å². The number of aliphatic carboxylic acids is 1. The van der Waals surface area contributed by atoms with Crippen molar-refractivity contribution in [3.8, 4) is 17.2 Å². The summed E-state index contributed by atoms with van der Waals surface area (Å²) in [6.07, 6.45) is 1.49.